The van der Waals surface area contributed by atoms with E-state index >= 15 is 0 Å². The van der Waals surface area contributed by atoms with Crippen molar-refractivity contribution in [2.75, 3.05) is 5.32 Å². The van der Waals surface area contributed by atoms with E-state index in [9.17, 15) is 0 Å². The lowest BCUT2D eigenvalue weighted by Crippen LogP contribution is -2.21. The van der Waals surface area contributed by atoms with E-state index in [4.69, 9.17) is 27.6 Å². The summed E-state index contributed by atoms with van der Waals surface area (Å²) in [5.74, 6) is 0.542. The highest BCUT2D eigenvalue weighted by Crippen LogP contribution is 2.28. The van der Waals surface area contributed by atoms with Crippen LogP contribution in [0.25, 0.3) is 0 Å². The number of hydrogen-bond acceptors (Lipinski definition) is 5. The van der Waals surface area contributed by atoms with Crippen LogP contribution in [0.4, 0.5) is 6.01 Å². The molecule has 1 heterocycles. The molecule has 0 radical (unpaired) electrons. The molecule has 1 unspecified atom stereocenters. The van der Waals surface area contributed by atoms with Crippen LogP contribution in [0.15, 0.2) is 22.6 Å². The van der Waals surface area contributed by atoms with Gasteiger partial charge in [0.05, 0.1) is 12.6 Å². The molecular weight excluding hydrogens is 311 g/mol. The SMILES string of the molecule is CC(C)NCc1nnc(NC(C)c2ccc(Cl)cc2Cl)o1. The van der Waals surface area contributed by atoms with Gasteiger partial charge in [-0.25, -0.2) is 0 Å². The first-order valence-corrected chi connectivity index (χ1v) is 7.48. The number of aromatic nitrogens is 2. The van der Waals surface area contributed by atoms with Crippen molar-refractivity contribution in [2.24, 2.45) is 0 Å². The molecule has 0 aliphatic rings. The fourth-order valence-electron chi connectivity index (χ4n) is 1.79. The quantitative estimate of drug-likeness (QED) is 0.837. The van der Waals surface area contributed by atoms with Gasteiger partial charge >= 0.3 is 6.01 Å². The van der Waals surface area contributed by atoms with Crippen LogP contribution in [0.3, 0.4) is 0 Å². The maximum absolute atomic E-state index is 6.18. The predicted octanol–water partition coefficient (Wildman–Crippen LogP) is 4.05. The Morgan fingerprint density at radius 3 is 2.62 bits per heavy atom. The Morgan fingerprint density at radius 2 is 1.95 bits per heavy atom. The van der Waals surface area contributed by atoms with Gasteiger partial charge in [-0.1, -0.05) is 48.2 Å². The Labute approximate surface area is 134 Å². The minimum atomic E-state index is -0.0684. The van der Waals surface area contributed by atoms with Crippen LogP contribution in [-0.4, -0.2) is 16.2 Å². The van der Waals surface area contributed by atoms with Gasteiger partial charge in [-0.3, -0.25) is 0 Å². The molecule has 5 nitrogen and oxygen atoms in total. The topological polar surface area (TPSA) is 63.0 Å². The summed E-state index contributed by atoms with van der Waals surface area (Å²) in [5.41, 5.74) is 0.918. The molecule has 0 bridgehead atoms. The molecule has 114 valence electrons. The number of anilines is 1. The van der Waals surface area contributed by atoms with Gasteiger partial charge in [-0.05, 0) is 24.6 Å². The van der Waals surface area contributed by atoms with Crippen LogP contribution in [0.1, 0.15) is 38.3 Å². The summed E-state index contributed by atoms with van der Waals surface area (Å²) in [6.07, 6.45) is 0. The van der Waals surface area contributed by atoms with E-state index in [1.807, 2.05) is 13.0 Å². The minimum Gasteiger partial charge on any atom is -0.407 e. The van der Waals surface area contributed by atoms with Crippen LogP contribution in [-0.2, 0) is 6.54 Å². The van der Waals surface area contributed by atoms with Crippen LogP contribution in [0.5, 0.6) is 0 Å². The molecule has 0 spiro atoms. The van der Waals surface area contributed by atoms with Crippen molar-refractivity contribution >= 4 is 29.2 Å². The van der Waals surface area contributed by atoms with E-state index < -0.39 is 0 Å². The molecule has 2 rings (SSSR count). The van der Waals surface area contributed by atoms with Crippen molar-refractivity contribution in [1.82, 2.24) is 15.5 Å². The third-order valence-corrected chi connectivity index (χ3v) is 3.46. The van der Waals surface area contributed by atoms with Crippen molar-refractivity contribution in [3.05, 3.63) is 39.7 Å². The molecule has 0 saturated carbocycles. The van der Waals surface area contributed by atoms with Crippen LogP contribution >= 0.6 is 23.2 Å². The normalized spacial score (nSPS) is 12.7. The van der Waals surface area contributed by atoms with Crippen molar-refractivity contribution in [3.63, 3.8) is 0 Å². The molecule has 1 aromatic heterocycles. The zero-order valence-electron chi connectivity index (χ0n) is 12.2. The van der Waals surface area contributed by atoms with Crippen molar-refractivity contribution in [2.45, 2.75) is 39.4 Å². The van der Waals surface area contributed by atoms with E-state index in [0.717, 1.165) is 5.56 Å². The number of halogens is 2. The number of nitrogens with zero attached hydrogens (tertiary/aromatic N) is 2. The van der Waals surface area contributed by atoms with E-state index in [1.54, 1.807) is 12.1 Å². The van der Waals surface area contributed by atoms with Crippen molar-refractivity contribution in [3.8, 4) is 0 Å². The summed E-state index contributed by atoms with van der Waals surface area (Å²) in [5, 5.41) is 15.5. The van der Waals surface area contributed by atoms with E-state index in [0.29, 0.717) is 34.5 Å². The maximum Gasteiger partial charge on any atom is 0.315 e. The molecule has 1 aromatic carbocycles. The monoisotopic (exact) mass is 328 g/mol. The molecule has 2 aromatic rings. The van der Waals surface area contributed by atoms with Gasteiger partial charge in [0.2, 0.25) is 5.89 Å². The lowest BCUT2D eigenvalue weighted by molar-refractivity contribution is 0.456. The van der Waals surface area contributed by atoms with Crippen LogP contribution in [0.2, 0.25) is 10.0 Å². The zero-order chi connectivity index (χ0) is 15.4. The maximum atomic E-state index is 6.18. The highest BCUT2D eigenvalue weighted by molar-refractivity contribution is 6.35. The number of rotatable bonds is 6. The largest absolute Gasteiger partial charge is 0.407 e. The molecule has 0 aliphatic heterocycles. The van der Waals surface area contributed by atoms with Crippen molar-refractivity contribution in [1.29, 1.82) is 0 Å². The van der Waals surface area contributed by atoms with E-state index in [-0.39, 0.29) is 6.04 Å². The first-order valence-electron chi connectivity index (χ1n) is 6.73. The van der Waals surface area contributed by atoms with E-state index in [1.165, 1.54) is 0 Å². The Morgan fingerprint density at radius 1 is 1.19 bits per heavy atom. The van der Waals surface area contributed by atoms with Gasteiger partial charge < -0.3 is 15.1 Å². The Kier molecular flexibility index (Phi) is 5.45. The van der Waals surface area contributed by atoms with Gasteiger partial charge in [-0.15, -0.1) is 5.10 Å². The molecule has 7 heteroatoms. The lowest BCUT2D eigenvalue weighted by Gasteiger charge is -2.14. The van der Waals surface area contributed by atoms with Gasteiger partial charge in [0, 0.05) is 16.1 Å². The summed E-state index contributed by atoms with van der Waals surface area (Å²) < 4.78 is 5.52. The molecular formula is C14H18Cl2N4O. The smallest absolute Gasteiger partial charge is 0.315 e. The fraction of sp³-hybridized carbons (Fsp3) is 0.429. The van der Waals surface area contributed by atoms with Gasteiger partial charge in [0.25, 0.3) is 0 Å². The van der Waals surface area contributed by atoms with Gasteiger partial charge in [-0.2, -0.15) is 0 Å². The molecule has 0 fully saturated rings. The second-order valence-electron chi connectivity index (χ2n) is 5.07. The highest BCUT2D eigenvalue weighted by Gasteiger charge is 2.13. The summed E-state index contributed by atoms with van der Waals surface area (Å²) in [7, 11) is 0. The standard InChI is InChI=1S/C14H18Cl2N4O/c1-8(2)17-7-13-19-20-14(21-13)18-9(3)11-5-4-10(15)6-12(11)16/h4-6,8-9,17H,7H2,1-3H3,(H,18,20). The predicted molar refractivity (Wildman–Crippen MR) is 84.8 cm³/mol. The molecule has 0 amide bonds. The Balaban J connectivity index is 2.00. The first kappa shape index (κ1) is 16.1. The number of benzene rings is 1. The summed E-state index contributed by atoms with van der Waals surface area (Å²) in [6, 6.07) is 6.05. The zero-order valence-corrected chi connectivity index (χ0v) is 13.7. The van der Waals surface area contributed by atoms with Crippen LogP contribution in [0, 0.1) is 0 Å². The number of hydrogen-bond donors (Lipinski definition) is 2. The minimum absolute atomic E-state index is 0.0684. The summed E-state index contributed by atoms with van der Waals surface area (Å²) in [6.45, 7) is 6.62. The average Bonchev–Trinajstić information content (AvgIpc) is 2.83. The van der Waals surface area contributed by atoms with Crippen LogP contribution < -0.4 is 10.6 Å². The fourth-order valence-corrected chi connectivity index (χ4v) is 2.36. The Bertz CT molecular complexity index is 600. The van der Waals surface area contributed by atoms with Gasteiger partial charge in [0.1, 0.15) is 0 Å². The second kappa shape index (κ2) is 7.11. The van der Waals surface area contributed by atoms with Crippen molar-refractivity contribution < 1.29 is 4.42 Å². The summed E-state index contributed by atoms with van der Waals surface area (Å²) in [4.78, 5) is 0. The molecule has 21 heavy (non-hydrogen) atoms. The third-order valence-electron chi connectivity index (χ3n) is 2.90. The molecule has 0 saturated heterocycles. The average molecular weight is 329 g/mol. The lowest BCUT2D eigenvalue weighted by atomic mass is 10.1. The number of nitrogens with one attached hydrogen (secondary N) is 2. The second-order valence-corrected chi connectivity index (χ2v) is 5.91. The van der Waals surface area contributed by atoms with Gasteiger partial charge in [0.15, 0.2) is 0 Å². The molecule has 1 atom stereocenters. The summed E-state index contributed by atoms with van der Waals surface area (Å²) >= 11 is 12.1. The Hall–Kier alpha value is -1.30. The third kappa shape index (κ3) is 4.59. The molecule has 2 N–H and O–H groups in total. The van der Waals surface area contributed by atoms with E-state index in [2.05, 4.69) is 34.7 Å². The molecule has 0 aliphatic carbocycles. The highest BCUT2D eigenvalue weighted by atomic mass is 35.5. The first-order chi connectivity index (χ1) is 9.95.